The third-order valence-electron chi connectivity index (χ3n) is 7.44. The number of hydrogen-bond donors (Lipinski definition) is 4. The van der Waals surface area contributed by atoms with Crippen LogP contribution < -0.4 is 26.0 Å². The fraction of sp³-hybridized carbons (Fsp3) is 0.484. The molecule has 1 saturated heterocycles. The molecule has 2 aromatic carbocycles. The molecule has 0 saturated carbocycles. The van der Waals surface area contributed by atoms with Crippen LogP contribution in [-0.4, -0.2) is 78.9 Å². The Bertz CT molecular complexity index is 1210. The third kappa shape index (κ3) is 8.78. The number of amides is 4. The van der Waals surface area contributed by atoms with Gasteiger partial charge in [-0.05, 0) is 63.9 Å². The summed E-state index contributed by atoms with van der Waals surface area (Å²) in [5.74, 6) is -1.57. The fourth-order valence-electron chi connectivity index (χ4n) is 5.12. The van der Waals surface area contributed by atoms with Gasteiger partial charge in [0.05, 0.1) is 18.0 Å². The Kier molecular flexibility index (Phi) is 10.3. The predicted molar refractivity (Wildman–Crippen MR) is 155 cm³/mol. The fourth-order valence-corrected chi connectivity index (χ4v) is 5.12. The highest BCUT2D eigenvalue weighted by atomic mass is 16.5. The van der Waals surface area contributed by atoms with Crippen molar-refractivity contribution in [2.45, 2.75) is 63.6 Å². The number of nitrogens with one attached hydrogen (secondary N) is 4. The van der Waals surface area contributed by atoms with Gasteiger partial charge < -0.3 is 30.9 Å². The van der Waals surface area contributed by atoms with Crippen LogP contribution in [0, 0.1) is 0 Å². The lowest BCUT2D eigenvalue weighted by Crippen LogP contribution is -2.59. The van der Waals surface area contributed by atoms with E-state index in [-0.39, 0.29) is 24.5 Å². The van der Waals surface area contributed by atoms with E-state index in [2.05, 4.69) is 26.2 Å². The van der Waals surface area contributed by atoms with Crippen LogP contribution in [0.4, 0.5) is 0 Å². The second-order valence-electron chi connectivity index (χ2n) is 11.3. The molecule has 10 nitrogen and oxygen atoms in total. The van der Waals surface area contributed by atoms with Gasteiger partial charge in [-0.3, -0.25) is 19.2 Å². The zero-order valence-corrected chi connectivity index (χ0v) is 23.9. The molecule has 0 aromatic heterocycles. The smallest absolute Gasteiger partial charge is 0.255 e. The highest BCUT2D eigenvalue weighted by Gasteiger charge is 2.34. The first-order valence-corrected chi connectivity index (χ1v) is 14.4. The molecule has 2 aromatic rings. The van der Waals surface area contributed by atoms with Crippen molar-refractivity contribution in [1.29, 1.82) is 0 Å². The number of nitrogens with zero attached hydrogens (tertiary/aromatic N) is 1. The summed E-state index contributed by atoms with van der Waals surface area (Å²) in [5.41, 5.74) is -0.0291. The molecule has 0 aliphatic carbocycles. The van der Waals surface area contributed by atoms with E-state index in [1.165, 1.54) is 6.42 Å². The topological polar surface area (TPSA) is 129 Å². The molecular formula is C31H41N5O5. The molecule has 0 radical (unpaired) electrons. The van der Waals surface area contributed by atoms with Crippen molar-refractivity contribution in [1.82, 2.24) is 26.2 Å². The van der Waals surface area contributed by atoms with Crippen molar-refractivity contribution in [3.63, 3.8) is 0 Å². The number of piperidine rings is 1. The molecule has 220 valence electrons. The molecule has 0 unspecified atom stereocenters. The Morgan fingerprint density at radius 2 is 1.68 bits per heavy atom. The van der Waals surface area contributed by atoms with E-state index in [4.69, 9.17) is 4.74 Å². The lowest BCUT2D eigenvalue weighted by atomic mass is 10.0. The summed E-state index contributed by atoms with van der Waals surface area (Å²) in [6.07, 6.45) is 3.67. The first kappa shape index (κ1) is 30.0. The van der Waals surface area contributed by atoms with E-state index in [9.17, 15) is 19.2 Å². The highest BCUT2D eigenvalue weighted by molar-refractivity contribution is 6.01. The monoisotopic (exact) mass is 563 g/mol. The molecule has 10 heteroatoms. The molecular weight excluding hydrogens is 522 g/mol. The molecule has 4 amide bonds. The van der Waals surface area contributed by atoms with E-state index in [0.717, 1.165) is 31.5 Å². The van der Waals surface area contributed by atoms with Gasteiger partial charge >= 0.3 is 0 Å². The number of rotatable bonds is 6. The van der Waals surface area contributed by atoms with Crippen LogP contribution in [0.1, 0.15) is 55.5 Å². The van der Waals surface area contributed by atoms with Crippen molar-refractivity contribution >= 4 is 23.6 Å². The van der Waals surface area contributed by atoms with Crippen LogP contribution in [0.25, 0.3) is 0 Å². The van der Waals surface area contributed by atoms with Crippen molar-refractivity contribution in [2.75, 3.05) is 32.8 Å². The maximum absolute atomic E-state index is 13.4. The minimum Gasteiger partial charge on any atom is -0.491 e. The van der Waals surface area contributed by atoms with Gasteiger partial charge in [-0.25, -0.2) is 0 Å². The Morgan fingerprint density at radius 3 is 2.44 bits per heavy atom. The van der Waals surface area contributed by atoms with Crippen LogP contribution in [-0.2, 0) is 20.8 Å². The van der Waals surface area contributed by atoms with Gasteiger partial charge in [0.15, 0.2) is 0 Å². The van der Waals surface area contributed by atoms with E-state index >= 15 is 0 Å². The van der Waals surface area contributed by atoms with Gasteiger partial charge in [0.1, 0.15) is 23.9 Å². The zero-order chi connectivity index (χ0) is 29.2. The summed E-state index contributed by atoms with van der Waals surface area (Å²) >= 11 is 0. The second-order valence-corrected chi connectivity index (χ2v) is 11.3. The highest BCUT2D eigenvalue weighted by Crippen LogP contribution is 2.20. The van der Waals surface area contributed by atoms with Gasteiger partial charge in [-0.1, -0.05) is 48.9 Å². The molecule has 2 aliphatic rings. The van der Waals surface area contributed by atoms with Gasteiger partial charge in [0, 0.05) is 13.1 Å². The van der Waals surface area contributed by atoms with Gasteiger partial charge in [0.2, 0.25) is 17.7 Å². The Hall–Kier alpha value is -3.92. The minimum atomic E-state index is -1.27. The largest absolute Gasteiger partial charge is 0.491 e. The molecule has 4 N–H and O–H groups in total. The van der Waals surface area contributed by atoms with E-state index in [1.807, 2.05) is 30.3 Å². The van der Waals surface area contributed by atoms with Gasteiger partial charge in [-0.2, -0.15) is 0 Å². The Labute approximate surface area is 241 Å². The number of carbonyl (C=O) groups is 4. The Balaban J connectivity index is 1.53. The second kappa shape index (κ2) is 14.1. The molecule has 41 heavy (non-hydrogen) atoms. The summed E-state index contributed by atoms with van der Waals surface area (Å²) in [7, 11) is 0. The Morgan fingerprint density at radius 1 is 0.976 bits per heavy atom. The molecule has 2 atom stereocenters. The van der Waals surface area contributed by atoms with Crippen LogP contribution in [0.15, 0.2) is 54.6 Å². The lowest BCUT2D eigenvalue weighted by molar-refractivity contribution is -0.134. The van der Waals surface area contributed by atoms with Crippen LogP contribution in [0.2, 0.25) is 0 Å². The number of carbonyl (C=O) groups excluding carboxylic acids is 4. The summed E-state index contributed by atoms with van der Waals surface area (Å²) < 4.78 is 6.08. The zero-order valence-electron chi connectivity index (χ0n) is 23.9. The van der Waals surface area contributed by atoms with E-state index in [0.29, 0.717) is 25.3 Å². The summed E-state index contributed by atoms with van der Waals surface area (Å²) in [6.45, 7) is 6.41. The van der Waals surface area contributed by atoms with Crippen molar-refractivity contribution in [2.24, 2.45) is 0 Å². The first-order chi connectivity index (χ1) is 19.7. The molecule has 0 bridgehead atoms. The molecule has 4 rings (SSSR count). The number of likely N-dealkylation sites (tertiary alicyclic amines) is 1. The van der Waals surface area contributed by atoms with Crippen LogP contribution >= 0.6 is 0 Å². The number of ether oxygens (including phenoxy) is 1. The summed E-state index contributed by atoms with van der Waals surface area (Å²) in [6, 6.07) is 14.9. The van der Waals surface area contributed by atoms with Gasteiger partial charge in [0.25, 0.3) is 5.91 Å². The first-order valence-electron chi connectivity index (χ1n) is 14.4. The standard InChI is InChI=1S/C31H41N5O5/c1-31(2)30(40)33-23(19-22-11-5-3-6-12-22)21-41-26-14-8-7-13-24(26)28(38)34-25(20-27(37)35-31)29(39)32-15-18-36-16-9-4-10-17-36/h3,5-8,11-14,23,25H,4,9-10,15-21H2,1-2H3,(H,32,39)(H,33,40)(H,34,38)(H,35,37)/t23-,25+/m1/s1. The number of benzene rings is 2. The number of fused-ring (bicyclic) bond motifs is 1. The average Bonchev–Trinajstić information content (AvgIpc) is 2.96. The molecule has 0 spiro atoms. The van der Waals surface area contributed by atoms with Crippen molar-refractivity contribution < 1.29 is 23.9 Å². The van der Waals surface area contributed by atoms with Crippen LogP contribution in [0.3, 0.4) is 0 Å². The average molecular weight is 564 g/mol. The number of hydrogen-bond acceptors (Lipinski definition) is 6. The normalized spacial score (nSPS) is 22.1. The molecule has 2 heterocycles. The van der Waals surface area contributed by atoms with Gasteiger partial charge in [-0.15, -0.1) is 0 Å². The van der Waals surface area contributed by atoms with Crippen LogP contribution in [0.5, 0.6) is 5.75 Å². The van der Waals surface area contributed by atoms with E-state index < -0.39 is 35.3 Å². The van der Waals surface area contributed by atoms with Crippen molar-refractivity contribution in [3.8, 4) is 5.75 Å². The SMILES string of the molecule is CC1(C)NC(=O)C[C@@H](C(=O)NCCN2CCCCC2)NC(=O)c2ccccc2OC[C@@H](Cc2ccccc2)NC1=O. The lowest BCUT2D eigenvalue weighted by Gasteiger charge is -2.30. The molecule has 1 fully saturated rings. The van der Waals surface area contributed by atoms with Crippen molar-refractivity contribution in [3.05, 3.63) is 65.7 Å². The third-order valence-corrected chi connectivity index (χ3v) is 7.44. The summed E-state index contributed by atoms with van der Waals surface area (Å²) in [4.78, 5) is 55.3. The summed E-state index contributed by atoms with van der Waals surface area (Å²) in [5, 5.41) is 11.3. The quantitative estimate of drug-likeness (QED) is 0.424. The predicted octanol–water partition coefficient (Wildman–Crippen LogP) is 1.79. The maximum atomic E-state index is 13.4. The molecule has 2 aliphatic heterocycles. The number of para-hydroxylation sites is 1. The maximum Gasteiger partial charge on any atom is 0.255 e. The minimum absolute atomic E-state index is 0.0926. The van der Waals surface area contributed by atoms with E-state index in [1.54, 1.807) is 38.1 Å².